The maximum Gasteiger partial charge on any atom is 0.250 e. The molecule has 2 N–H and O–H groups in total. The van der Waals surface area contributed by atoms with Gasteiger partial charge in [-0.15, -0.1) is 0 Å². The lowest BCUT2D eigenvalue weighted by Crippen LogP contribution is -2.27. The summed E-state index contributed by atoms with van der Waals surface area (Å²) >= 11 is 0. The molecule has 2 aliphatic rings. The van der Waals surface area contributed by atoms with Crippen LogP contribution in [0.5, 0.6) is 0 Å². The number of carbonyl (C=O) groups excluding carboxylic acids is 1. The van der Waals surface area contributed by atoms with Crippen LogP contribution in [0, 0.1) is 0 Å². The van der Waals surface area contributed by atoms with Crippen LogP contribution < -0.4 is 5.73 Å². The first-order valence-electron chi connectivity index (χ1n) is 5.52. The Morgan fingerprint density at radius 3 is 2.88 bits per heavy atom. The predicted octanol–water partition coefficient (Wildman–Crippen LogP) is 1.74. The van der Waals surface area contributed by atoms with E-state index in [4.69, 9.17) is 5.73 Å². The largest absolute Gasteiger partial charge is 0.366 e. The number of primary amides is 1. The average Bonchev–Trinajstić information content (AvgIpc) is 2.37. The summed E-state index contributed by atoms with van der Waals surface area (Å²) in [7, 11) is 0. The van der Waals surface area contributed by atoms with Crippen molar-refractivity contribution < 1.29 is 4.79 Å². The van der Waals surface area contributed by atoms with E-state index in [2.05, 4.69) is 6.08 Å². The molecule has 3 nitrogen and oxygen atoms in total. The fraction of sp³-hybridized carbons (Fsp3) is 0.0714. The molecule has 3 rings (SSSR count). The summed E-state index contributed by atoms with van der Waals surface area (Å²) in [5.41, 5.74) is 9.11. The molecule has 0 spiro atoms. The van der Waals surface area contributed by atoms with Crippen molar-refractivity contribution in [3.63, 3.8) is 0 Å². The van der Waals surface area contributed by atoms with Crippen LogP contribution in [0.3, 0.4) is 0 Å². The molecule has 84 valence electrons. The molecule has 0 radical (unpaired) electrons. The van der Waals surface area contributed by atoms with Crippen molar-refractivity contribution in [2.75, 3.05) is 6.54 Å². The first-order chi connectivity index (χ1) is 8.27. The minimum atomic E-state index is -0.383. The molecule has 2 heterocycles. The topological polar surface area (TPSA) is 46.3 Å². The Labute approximate surface area is 99.5 Å². The van der Waals surface area contributed by atoms with Crippen LogP contribution in [0.15, 0.2) is 48.2 Å². The van der Waals surface area contributed by atoms with Gasteiger partial charge in [-0.05, 0) is 17.7 Å². The van der Waals surface area contributed by atoms with E-state index in [0.717, 1.165) is 23.4 Å². The highest BCUT2D eigenvalue weighted by molar-refractivity contribution is 6.04. The van der Waals surface area contributed by atoms with Gasteiger partial charge in [0.05, 0.1) is 11.3 Å². The Kier molecular flexibility index (Phi) is 2.11. The third kappa shape index (κ3) is 1.47. The molecule has 17 heavy (non-hydrogen) atoms. The first-order valence-corrected chi connectivity index (χ1v) is 5.52. The van der Waals surface area contributed by atoms with Crippen LogP contribution in [0.2, 0.25) is 0 Å². The molecule has 2 aliphatic heterocycles. The fourth-order valence-corrected chi connectivity index (χ4v) is 2.27. The molecular weight excluding hydrogens is 212 g/mol. The summed E-state index contributed by atoms with van der Waals surface area (Å²) in [5, 5.41) is 0. The minimum absolute atomic E-state index is 0.383. The van der Waals surface area contributed by atoms with Gasteiger partial charge in [-0.3, -0.25) is 4.79 Å². The second-order valence-corrected chi connectivity index (χ2v) is 4.08. The molecule has 1 aromatic rings. The zero-order chi connectivity index (χ0) is 11.8. The lowest BCUT2D eigenvalue weighted by molar-refractivity contribution is -0.114. The highest BCUT2D eigenvalue weighted by Crippen LogP contribution is 2.33. The Bertz CT molecular complexity index is 582. The monoisotopic (exact) mass is 224 g/mol. The first kappa shape index (κ1) is 9.90. The van der Waals surface area contributed by atoms with Crippen molar-refractivity contribution in [2.45, 2.75) is 0 Å². The standard InChI is InChI=1S/C14H12N2O/c15-14(17)12-6-3-8-16-9-7-10-4-1-2-5-11(10)13(12)16/h1-7,9H,8H2,(H2,15,17). The summed E-state index contributed by atoms with van der Waals surface area (Å²) in [6, 6.07) is 8.01. The van der Waals surface area contributed by atoms with Crippen LogP contribution in [-0.2, 0) is 4.79 Å². The SMILES string of the molecule is NC(=O)C1=C2c3ccccc3C=CN2CC=C1. The van der Waals surface area contributed by atoms with Gasteiger partial charge in [0.1, 0.15) is 0 Å². The van der Waals surface area contributed by atoms with Gasteiger partial charge in [-0.25, -0.2) is 0 Å². The molecule has 0 aromatic heterocycles. The Morgan fingerprint density at radius 1 is 1.24 bits per heavy atom. The molecule has 0 saturated carbocycles. The van der Waals surface area contributed by atoms with Gasteiger partial charge in [0.2, 0.25) is 0 Å². The number of nitrogens with two attached hydrogens (primary N) is 1. The number of carbonyl (C=O) groups is 1. The number of hydrogen-bond donors (Lipinski definition) is 1. The van der Waals surface area contributed by atoms with Crippen molar-refractivity contribution in [3.8, 4) is 0 Å². The molecule has 0 aliphatic carbocycles. The number of nitrogens with zero attached hydrogens (tertiary/aromatic N) is 1. The summed E-state index contributed by atoms with van der Waals surface area (Å²) in [5.74, 6) is -0.383. The average molecular weight is 224 g/mol. The molecule has 3 heteroatoms. The molecule has 0 bridgehead atoms. The quantitative estimate of drug-likeness (QED) is 0.789. The van der Waals surface area contributed by atoms with Gasteiger partial charge >= 0.3 is 0 Å². The van der Waals surface area contributed by atoms with Gasteiger partial charge < -0.3 is 10.6 Å². The number of rotatable bonds is 1. The van der Waals surface area contributed by atoms with E-state index in [1.165, 1.54) is 0 Å². The van der Waals surface area contributed by atoms with Crippen molar-refractivity contribution >= 4 is 17.7 Å². The molecular formula is C14H12N2O. The van der Waals surface area contributed by atoms with Gasteiger partial charge in [-0.2, -0.15) is 0 Å². The van der Waals surface area contributed by atoms with Crippen LogP contribution in [0.1, 0.15) is 11.1 Å². The number of benzene rings is 1. The summed E-state index contributed by atoms with van der Waals surface area (Å²) in [4.78, 5) is 13.5. The number of fused-ring (bicyclic) bond motifs is 3. The van der Waals surface area contributed by atoms with Crippen molar-refractivity contribution in [1.82, 2.24) is 4.90 Å². The van der Waals surface area contributed by atoms with E-state index < -0.39 is 0 Å². The molecule has 0 fully saturated rings. The van der Waals surface area contributed by atoms with Crippen molar-refractivity contribution in [3.05, 3.63) is 59.3 Å². The predicted molar refractivity (Wildman–Crippen MR) is 67.4 cm³/mol. The smallest absolute Gasteiger partial charge is 0.250 e. The number of amides is 1. The zero-order valence-electron chi connectivity index (χ0n) is 9.26. The zero-order valence-corrected chi connectivity index (χ0v) is 9.26. The maximum absolute atomic E-state index is 11.5. The van der Waals surface area contributed by atoms with Gasteiger partial charge in [0, 0.05) is 18.3 Å². The highest BCUT2D eigenvalue weighted by atomic mass is 16.1. The maximum atomic E-state index is 11.5. The second-order valence-electron chi connectivity index (χ2n) is 4.08. The third-order valence-electron chi connectivity index (χ3n) is 3.04. The third-order valence-corrected chi connectivity index (χ3v) is 3.04. The summed E-state index contributed by atoms with van der Waals surface area (Å²) < 4.78 is 0. The van der Waals surface area contributed by atoms with E-state index in [1.807, 2.05) is 47.5 Å². The second kappa shape index (κ2) is 3.63. The van der Waals surface area contributed by atoms with Crippen LogP contribution in [-0.4, -0.2) is 17.4 Å². The van der Waals surface area contributed by atoms with E-state index in [1.54, 1.807) is 0 Å². The van der Waals surface area contributed by atoms with E-state index >= 15 is 0 Å². The van der Waals surface area contributed by atoms with Crippen LogP contribution in [0.25, 0.3) is 11.8 Å². The van der Waals surface area contributed by atoms with Crippen LogP contribution >= 0.6 is 0 Å². The Morgan fingerprint density at radius 2 is 2.06 bits per heavy atom. The van der Waals surface area contributed by atoms with Crippen LogP contribution in [0.4, 0.5) is 0 Å². The minimum Gasteiger partial charge on any atom is -0.366 e. The van der Waals surface area contributed by atoms with Crippen molar-refractivity contribution in [1.29, 1.82) is 0 Å². The molecule has 1 aromatic carbocycles. The van der Waals surface area contributed by atoms with E-state index in [9.17, 15) is 4.79 Å². The van der Waals surface area contributed by atoms with Gasteiger partial charge in [0.15, 0.2) is 0 Å². The lowest BCUT2D eigenvalue weighted by atomic mass is 9.94. The number of hydrogen-bond acceptors (Lipinski definition) is 2. The summed E-state index contributed by atoms with van der Waals surface area (Å²) in [6.07, 6.45) is 7.80. The molecule has 1 amide bonds. The lowest BCUT2D eigenvalue weighted by Gasteiger charge is -2.31. The normalized spacial score (nSPS) is 16.8. The molecule has 0 unspecified atom stereocenters. The molecule has 0 atom stereocenters. The highest BCUT2D eigenvalue weighted by Gasteiger charge is 2.23. The van der Waals surface area contributed by atoms with E-state index in [-0.39, 0.29) is 5.91 Å². The Hall–Kier alpha value is -2.29. The fourth-order valence-electron chi connectivity index (χ4n) is 2.27. The summed E-state index contributed by atoms with van der Waals surface area (Å²) in [6.45, 7) is 0.775. The van der Waals surface area contributed by atoms with E-state index in [0.29, 0.717) is 5.57 Å². The van der Waals surface area contributed by atoms with Gasteiger partial charge in [-0.1, -0.05) is 30.3 Å². The molecule has 0 saturated heterocycles. The van der Waals surface area contributed by atoms with Crippen molar-refractivity contribution in [2.24, 2.45) is 5.73 Å². The van der Waals surface area contributed by atoms with Gasteiger partial charge in [0.25, 0.3) is 5.91 Å². The Balaban J connectivity index is 2.28.